The Labute approximate surface area is 133 Å². The lowest BCUT2D eigenvalue weighted by Gasteiger charge is -2.19. The monoisotopic (exact) mass is 339 g/mol. The highest BCUT2D eigenvalue weighted by Crippen LogP contribution is 2.29. The van der Waals surface area contributed by atoms with Gasteiger partial charge in [0.25, 0.3) is 0 Å². The number of amides is 2. The Hall–Kier alpha value is -2.13. The highest BCUT2D eigenvalue weighted by Gasteiger charge is 2.33. The Bertz CT molecular complexity index is 749. The number of hydrogen-bond acceptors (Lipinski definition) is 5. The first-order chi connectivity index (χ1) is 10.8. The van der Waals surface area contributed by atoms with Crippen molar-refractivity contribution in [1.82, 2.24) is 0 Å². The summed E-state index contributed by atoms with van der Waals surface area (Å²) in [5, 5.41) is 5.05. The average molecular weight is 339 g/mol. The molecule has 0 saturated carbocycles. The van der Waals surface area contributed by atoms with E-state index in [0.717, 1.165) is 0 Å². The molecule has 23 heavy (non-hydrogen) atoms. The largest absolute Gasteiger partial charge is 0.447 e. The number of primary sulfonamides is 1. The molecule has 1 aromatic rings. The highest BCUT2D eigenvalue weighted by molar-refractivity contribution is 7.89. The predicted octanol–water partition coefficient (Wildman–Crippen LogP) is 0.285. The summed E-state index contributed by atoms with van der Waals surface area (Å²) in [6, 6.07) is 6.99. The molecule has 1 unspecified atom stereocenters. The number of carbonyl (C=O) groups is 2. The average Bonchev–Trinajstić information content (AvgIpc) is 3.03. The number of rotatable bonds is 4. The third-order valence-electron chi connectivity index (χ3n) is 3.89. The van der Waals surface area contributed by atoms with E-state index in [1.165, 1.54) is 9.80 Å². The van der Waals surface area contributed by atoms with E-state index in [9.17, 15) is 18.0 Å². The van der Waals surface area contributed by atoms with Crippen LogP contribution in [0.5, 0.6) is 0 Å². The number of hydrogen-bond donors (Lipinski definition) is 1. The lowest BCUT2D eigenvalue weighted by atomic mass is 10.1. The second kappa shape index (κ2) is 5.82. The zero-order valence-corrected chi connectivity index (χ0v) is 13.2. The van der Waals surface area contributed by atoms with Crippen LogP contribution in [0.25, 0.3) is 0 Å². The third kappa shape index (κ3) is 3.45. The summed E-state index contributed by atoms with van der Waals surface area (Å²) in [7, 11) is -3.61. The van der Waals surface area contributed by atoms with Crippen LogP contribution < -0.4 is 14.9 Å². The Kier molecular flexibility index (Phi) is 3.99. The Morgan fingerprint density at radius 2 is 1.91 bits per heavy atom. The van der Waals surface area contributed by atoms with Crippen LogP contribution >= 0.6 is 0 Å². The summed E-state index contributed by atoms with van der Waals surface area (Å²) in [6.07, 6.45) is -0.270. The van der Waals surface area contributed by atoms with Gasteiger partial charge in [-0.1, -0.05) is 6.07 Å². The first-order valence-corrected chi connectivity index (χ1v) is 8.90. The molecule has 2 saturated heterocycles. The van der Waals surface area contributed by atoms with Crippen molar-refractivity contribution in [1.29, 1.82) is 0 Å². The van der Waals surface area contributed by atoms with Gasteiger partial charge in [0.15, 0.2) is 0 Å². The van der Waals surface area contributed by atoms with E-state index < -0.39 is 16.1 Å². The molecule has 0 aromatic heterocycles. The molecule has 2 aliphatic heterocycles. The van der Waals surface area contributed by atoms with Gasteiger partial charge in [0, 0.05) is 30.3 Å². The van der Waals surface area contributed by atoms with Crippen LogP contribution in [0, 0.1) is 5.92 Å². The zero-order valence-electron chi connectivity index (χ0n) is 12.3. The van der Waals surface area contributed by atoms with Gasteiger partial charge in [-0.3, -0.25) is 9.69 Å². The number of benzene rings is 1. The summed E-state index contributed by atoms with van der Waals surface area (Å²) in [4.78, 5) is 26.8. The summed E-state index contributed by atoms with van der Waals surface area (Å²) >= 11 is 0. The summed E-state index contributed by atoms with van der Waals surface area (Å²) in [6.45, 7) is 1.09. The van der Waals surface area contributed by atoms with Gasteiger partial charge in [-0.2, -0.15) is 0 Å². The van der Waals surface area contributed by atoms with Gasteiger partial charge in [-0.15, -0.1) is 0 Å². The van der Waals surface area contributed by atoms with Crippen molar-refractivity contribution in [2.75, 3.05) is 35.2 Å². The molecule has 124 valence electrons. The molecule has 0 bridgehead atoms. The van der Waals surface area contributed by atoms with Crippen LogP contribution in [0.2, 0.25) is 0 Å². The minimum Gasteiger partial charge on any atom is -0.447 e. The Morgan fingerprint density at radius 3 is 2.52 bits per heavy atom. The number of sulfonamides is 1. The van der Waals surface area contributed by atoms with Gasteiger partial charge in [-0.25, -0.2) is 18.4 Å². The second-order valence-electron chi connectivity index (χ2n) is 5.69. The van der Waals surface area contributed by atoms with Gasteiger partial charge in [0.05, 0.1) is 12.3 Å². The number of carbonyl (C=O) groups excluding carboxylic acids is 2. The van der Waals surface area contributed by atoms with E-state index in [1.54, 1.807) is 24.3 Å². The second-order valence-corrected chi connectivity index (χ2v) is 7.35. The molecule has 0 spiro atoms. The summed E-state index contributed by atoms with van der Waals surface area (Å²) < 4.78 is 27.3. The summed E-state index contributed by atoms with van der Waals surface area (Å²) in [5.41, 5.74) is 1.27. The maximum absolute atomic E-state index is 12.2. The number of nitrogens with zero attached hydrogens (tertiary/aromatic N) is 2. The minimum atomic E-state index is -3.61. The van der Waals surface area contributed by atoms with Crippen LogP contribution in [0.15, 0.2) is 24.3 Å². The van der Waals surface area contributed by atoms with E-state index in [2.05, 4.69) is 0 Å². The topological polar surface area (TPSA) is 110 Å². The number of cyclic esters (lactones) is 1. The van der Waals surface area contributed by atoms with Gasteiger partial charge >= 0.3 is 6.09 Å². The van der Waals surface area contributed by atoms with E-state index in [1.807, 2.05) is 0 Å². The fourth-order valence-corrected chi connectivity index (χ4v) is 3.81. The quantitative estimate of drug-likeness (QED) is 0.847. The number of ether oxygens (including phenoxy) is 1. The molecule has 2 fully saturated rings. The van der Waals surface area contributed by atoms with Crippen molar-refractivity contribution in [3.63, 3.8) is 0 Å². The van der Waals surface area contributed by atoms with Crippen LogP contribution in [-0.4, -0.2) is 45.9 Å². The van der Waals surface area contributed by atoms with Crippen molar-refractivity contribution in [2.45, 2.75) is 6.42 Å². The van der Waals surface area contributed by atoms with Crippen molar-refractivity contribution < 1.29 is 22.7 Å². The lowest BCUT2D eigenvalue weighted by Crippen LogP contribution is -2.28. The van der Waals surface area contributed by atoms with Gasteiger partial charge in [0.2, 0.25) is 15.9 Å². The van der Waals surface area contributed by atoms with Crippen LogP contribution in [0.3, 0.4) is 0 Å². The fourth-order valence-electron chi connectivity index (χ4n) is 2.93. The van der Waals surface area contributed by atoms with E-state index in [0.29, 0.717) is 31.1 Å². The first-order valence-electron chi connectivity index (χ1n) is 7.19. The van der Waals surface area contributed by atoms with Crippen molar-refractivity contribution in [3.05, 3.63) is 24.3 Å². The maximum Gasteiger partial charge on any atom is 0.414 e. The molecular weight excluding hydrogens is 322 g/mol. The molecule has 0 aliphatic carbocycles. The SMILES string of the molecule is NS(=O)(=O)CC1CC(=O)N(c2cccc(N3CCOC3=O)c2)C1. The van der Waals surface area contributed by atoms with Crippen LogP contribution in [-0.2, 0) is 19.6 Å². The zero-order chi connectivity index (χ0) is 16.6. The van der Waals surface area contributed by atoms with E-state index in [-0.39, 0.29) is 24.0 Å². The Balaban J connectivity index is 1.79. The molecule has 2 aliphatic rings. The Morgan fingerprint density at radius 1 is 1.22 bits per heavy atom. The molecule has 2 amide bonds. The first kappa shape index (κ1) is 15.8. The smallest absolute Gasteiger partial charge is 0.414 e. The van der Waals surface area contributed by atoms with Crippen molar-refractivity contribution in [3.8, 4) is 0 Å². The molecule has 8 nitrogen and oxygen atoms in total. The molecule has 9 heteroatoms. The standard InChI is InChI=1S/C14H17N3O5S/c15-23(20,21)9-10-6-13(18)17(8-10)12-3-1-2-11(7-12)16-4-5-22-14(16)19/h1-3,7,10H,4-6,8-9H2,(H2,15,20,21). The highest BCUT2D eigenvalue weighted by atomic mass is 32.2. The van der Waals surface area contributed by atoms with E-state index in [4.69, 9.17) is 9.88 Å². The molecular formula is C14H17N3O5S. The maximum atomic E-state index is 12.2. The minimum absolute atomic E-state index is 0.145. The molecule has 1 atom stereocenters. The van der Waals surface area contributed by atoms with Crippen LogP contribution in [0.4, 0.5) is 16.2 Å². The molecule has 1 aromatic carbocycles. The molecule has 3 rings (SSSR count). The number of anilines is 2. The van der Waals surface area contributed by atoms with E-state index >= 15 is 0 Å². The molecule has 2 heterocycles. The summed E-state index contributed by atoms with van der Waals surface area (Å²) in [5.74, 6) is -0.689. The lowest BCUT2D eigenvalue weighted by molar-refractivity contribution is -0.117. The number of nitrogens with two attached hydrogens (primary N) is 1. The fraction of sp³-hybridized carbons (Fsp3) is 0.429. The van der Waals surface area contributed by atoms with Crippen molar-refractivity contribution >= 4 is 33.4 Å². The third-order valence-corrected chi connectivity index (χ3v) is 4.82. The van der Waals surface area contributed by atoms with Gasteiger partial charge < -0.3 is 9.64 Å². The van der Waals surface area contributed by atoms with Gasteiger partial charge in [-0.05, 0) is 18.2 Å². The predicted molar refractivity (Wildman–Crippen MR) is 83.6 cm³/mol. The van der Waals surface area contributed by atoms with Gasteiger partial charge in [0.1, 0.15) is 6.61 Å². The molecule has 0 radical (unpaired) electrons. The normalized spacial score (nSPS) is 21.9. The van der Waals surface area contributed by atoms with Crippen molar-refractivity contribution in [2.24, 2.45) is 11.1 Å². The van der Waals surface area contributed by atoms with Crippen LogP contribution in [0.1, 0.15) is 6.42 Å². The molecule has 2 N–H and O–H groups in total.